The minimum Gasteiger partial charge on any atom is -0.497 e. The van der Waals surface area contributed by atoms with Gasteiger partial charge in [0.1, 0.15) is 23.9 Å². The largest absolute Gasteiger partial charge is 0.497 e. The second kappa shape index (κ2) is 7.01. The molecule has 0 radical (unpaired) electrons. The van der Waals surface area contributed by atoms with E-state index in [9.17, 15) is 0 Å². The van der Waals surface area contributed by atoms with Crippen molar-refractivity contribution in [1.29, 1.82) is 0 Å². The van der Waals surface area contributed by atoms with Crippen molar-refractivity contribution in [2.24, 2.45) is 0 Å². The van der Waals surface area contributed by atoms with Gasteiger partial charge in [-0.2, -0.15) is 9.61 Å². The molecule has 0 N–H and O–H groups in total. The molecule has 8 heteroatoms. The summed E-state index contributed by atoms with van der Waals surface area (Å²) in [6.07, 6.45) is 0. The molecule has 0 aliphatic carbocycles. The molecule has 0 atom stereocenters. The molecular formula is C18H16N4O3S. The molecule has 0 bridgehead atoms. The van der Waals surface area contributed by atoms with Gasteiger partial charge in [0.05, 0.1) is 19.8 Å². The number of hydrogen-bond acceptors (Lipinski definition) is 7. The summed E-state index contributed by atoms with van der Waals surface area (Å²) >= 11 is 1.45. The number of rotatable bonds is 6. The van der Waals surface area contributed by atoms with Gasteiger partial charge in [0.2, 0.25) is 4.96 Å². The molecule has 4 rings (SSSR count). The molecule has 2 heterocycles. The first-order valence-electron chi connectivity index (χ1n) is 7.90. The van der Waals surface area contributed by atoms with Crippen molar-refractivity contribution in [1.82, 2.24) is 19.8 Å². The summed E-state index contributed by atoms with van der Waals surface area (Å²) in [7, 11) is 3.28. The summed E-state index contributed by atoms with van der Waals surface area (Å²) in [4.78, 5) is 0.708. The molecule has 0 fully saturated rings. The molecule has 7 nitrogen and oxygen atoms in total. The fourth-order valence-electron chi connectivity index (χ4n) is 2.50. The third-order valence-corrected chi connectivity index (χ3v) is 4.75. The van der Waals surface area contributed by atoms with E-state index < -0.39 is 0 Å². The van der Waals surface area contributed by atoms with E-state index >= 15 is 0 Å². The summed E-state index contributed by atoms with van der Waals surface area (Å²) in [5.74, 6) is 2.91. The first kappa shape index (κ1) is 16.3. The first-order valence-corrected chi connectivity index (χ1v) is 8.71. The number of aromatic nitrogens is 4. The maximum absolute atomic E-state index is 5.78. The van der Waals surface area contributed by atoms with Crippen LogP contribution < -0.4 is 14.2 Å². The van der Waals surface area contributed by atoms with E-state index in [1.807, 2.05) is 48.5 Å². The highest BCUT2D eigenvalue weighted by atomic mass is 32.1. The zero-order chi connectivity index (χ0) is 17.9. The second-order valence-corrected chi connectivity index (χ2v) is 6.34. The van der Waals surface area contributed by atoms with Gasteiger partial charge < -0.3 is 14.2 Å². The first-order chi connectivity index (χ1) is 12.8. The van der Waals surface area contributed by atoms with Gasteiger partial charge in [-0.1, -0.05) is 23.5 Å². The van der Waals surface area contributed by atoms with Gasteiger partial charge in [-0.15, -0.1) is 10.2 Å². The van der Waals surface area contributed by atoms with Crippen LogP contribution in [-0.2, 0) is 6.61 Å². The van der Waals surface area contributed by atoms with Gasteiger partial charge in [-0.3, -0.25) is 0 Å². The molecule has 2 aromatic carbocycles. The molecule has 0 amide bonds. The number of fused-ring (bicyclic) bond motifs is 1. The summed E-state index contributed by atoms with van der Waals surface area (Å²) in [5, 5.41) is 13.8. The highest BCUT2D eigenvalue weighted by molar-refractivity contribution is 7.19. The summed E-state index contributed by atoms with van der Waals surface area (Å²) in [5.41, 5.74) is 0.924. The molecule has 2 aromatic heterocycles. The van der Waals surface area contributed by atoms with E-state index in [1.165, 1.54) is 11.3 Å². The quantitative estimate of drug-likeness (QED) is 0.519. The number of methoxy groups -OCH3 is 2. The molecule has 0 spiro atoms. The molecule has 0 saturated heterocycles. The number of para-hydroxylation sites is 1. The third-order valence-electron chi connectivity index (χ3n) is 3.82. The lowest BCUT2D eigenvalue weighted by atomic mass is 10.2. The average molecular weight is 368 g/mol. The lowest BCUT2D eigenvalue weighted by Crippen LogP contribution is -2.02. The van der Waals surface area contributed by atoms with Gasteiger partial charge in [-0.05, 0) is 36.4 Å². The van der Waals surface area contributed by atoms with Crippen LogP contribution in [0.5, 0.6) is 17.2 Å². The van der Waals surface area contributed by atoms with E-state index in [2.05, 4.69) is 15.3 Å². The highest BCUT2D eigenvalue weighted by Gasteiger charge is 2.15. The Bertz CT molecular complexity index is 1030. The zero-order valence-electron chi connectivity index (χ0n) is 14.2. The van der Waals surface area contributed by atoms with Crippen LogP contribution in [0.2, 0.25) is 0 Å². The maximum atomic E-state index is 5.78. The lowest BCUT2D eigenvalue weighted by Gasteiger charge is -2.05. The lowest BCUT2D eigenvalue weighted by molar-refractivity contribution is 0.292. The Morgan fingerprint density at radius 1 is 0.923 bits per heavy atom. The van der Waals surface area contributed by atoms with Gasteiger partial charge in [0.15, 0.2) is 10.8 Å². The highest BCUT2D eigenvalue weighted by Crippen LogP contribution is 2.32. The Morgan fingerprint density at radius 3 is 2.46 bits per heavy atom. The van der Waals surface area contributed by atoms with Crippen LogP contribution in [0, 0.1) is 0 Å². The van der Waals surface area contributed by atoms with Crippen LogP contribution in [0.4, 0.5) is 0 Å². The Labute approximate surface area is 153 Å². The van der Waals surface area contributed by atoms with Crippen LogP contribution >= 0.6 is 11.3 Å². The molecule has 132 valence electrons. The van der Waals surface area contributed by atoms with Crippen molar-refractivity contribution in [2.75, 3.05) is 14.2 Å². The fourth-order valence-corrected chi connectivity index (χ4v) is 3.39. The third kappa shape index (κ3) is 3.06. The molecule has 26 heavy (non-hydrogen) atoms. The molecule has 0 aliphatic rings. The minimum absolute atomic E-state index is 0.266. The summed E-state index contributed by atoms with van der Waals surface area (Å²) in [6, 6.07) is 15.1. The Balaban J connectivity index is 1.57. The molecule has 4 aromatic rings. The number of ether oxygens (including phenoxy) is 3. The van der Waals surface area contributed by atoms with Crippen molar-refractivity contribution >= 4 is 16.3 Å². The smallest absolute Gasteiger partial charge is 0.235 e. The van der Waals surface area contributed by atoms with Crippen molar-refractivity contribution in [3.63, 3.8) is 0 Å². The van der Waals surface area contributed by atoms with Gasteiger partial charge in [0, 0.05) is 0 Å². The molecule has 0 unspecified atom stereocenters. The second-order valence-electron chi connectivity index (χ2n) is 5.38. The van der Waals surface area contributed by atoms with Crippen LogP contribution in [-0.4, -0.2) is 34.0 Å². The predicted molar refractivity (Wildman–Crippen MR) is 98.0 cm³/mol. The van der Waals surface area contributed by atoms with Crippen LogP contribution in [0.3, 0.4) is 0 Å². The van der Waals surface area contributed by atoms with Crippen molar-refractivity contribution < 1.29 is 14.2 Å². The standard InChI is InChI=1S/C18H16N4O3S/c1-23-12-7-9-13(10-8-12)25-11-16-19-20-18-22(16)21-17(26-18)14-5-3-4-6-15(14)24-2/h3-10H,11H2,1-2H3. The fraction of sp³-hybridized carbons (Fsp3) is 0.167. The summed E-state index contributed by atoms with van der Waals surface area (Å²) in [6.45, 7) is 0.266. The monoisotopic (exact) mass is 368 g/mol. The van der Waals surface area contributed by atoms with E-state index in [1.54, 1.807) is 18.7 Å². The van der Waals surface area contributed by atoms with Gasteiger partial charge >= 0.3 is 0 Å². The van der Waals surface area contributed by atoms with Crippen molar-refractivity contribution in [2.45, 2.75) is 6.61 Å². The van der Waals surface area contributed by atoms with Crippen molar-refractivity contribution in [3.8, 4) is 27.8 Å². The topological polar surface area (TPSA) is 70.8 Å². The molecule has 0 saturated carbocycles. The average Bonchev–Trinajstić information content (AvgIpc) is 3.28. The van der Waals surface area contributed by atoms with E-state index in [0.717, 1.165) is 27.8 Å². The predicted octanol–water partition coefficient (Wildman–Crippen LogP) is 3.45. The number of benzene rings is 2. The molecule has 0 aliphatic heterocycles. The summed E-state index contributed by atoms with van der Waals surface area (Å²) < 4.78 is 18.0. The van der Waals surface area contributed by atoms with Crippen LogP contribution in [0.15, 0.2) is 48.5 Å². The molecular weight excluding hydrogens is 352 g/mol. The maximum Gasteiger partial charge on any atom is 0.235 e. The van der Waals surface area contributed by atoms with E-state index in [0.29, 0.717) is 10.8 Å². The van der Waals surface area contributed by atoms with E-state index in [4.69, 9.17) is 14.2 Å². The Hall–Kier alpha value is -3.13. The van der Waals surface area contributed by atoms with E-state index in [-0.39, 0.29) is 6.61 Å². The SMILES string of the molecule is COc1ccc(OCc2nnc3sc(-c4ccccc4OC)nn23)cc1. The Kier molecular flexibility index (Phi) is 4.40. The minimum atomic E-state index is 0.266. The number of nitrogens with zero attached hydrogens (tertiary/aromatic N) is 4. The van der Waals surface area contributed by atoms with Crippen LogP contribution in [0.25, 0.3) is 15.5 Å². The van der Waals surface area contributed by atoms with Crippen LogP contribution in [0.1, 0.15) is 5.82 Å². The van der Waals surface area contributed by atoms with Crippen molar-refractivity contribution in [3.05, 3.63) is 54.4 Å². The van der Waals surface area contributed by atoms with Gasteiger partial charge in [-0.25, -0.2) is 0 Å². The van der Waals surface area contributed by atoms with Gasteiger partial charge in [0.25, 0.3) is 0 Å². The normalized spacial score (nSPS) is 10.8. The number of hydrogen-bond donors (Lipinski definition) is 0. The zero-order valence-corrected chi connectivity index (χ0v) is 15.1. The Morgan fingerprint density at radius 2 is 1.69 bits per heavy atom.